The molecule has 4 heteroatoms. The van der Waals surface area contributed by atoms with E-state index < -0.39 is 0 Å². The number of anilines is 1. The first-order valence-electron chi connectivity index (χ1n) is 7.51. The zero-order valence-electron chi connectivity index (χ0n) is 13.0. The molecule has 0 unspecified atom stereocenters. The topological polar surface area (TPSA) is 68.4 Å². The molecule has 0 saturated carbocycles. The fraction of sp³-hybridized carbons (Fsp3) is 0.471. The Labute approximate surface area is 127 Å². The quantitative estimate of drug-likeness (QED) is 0.414. The van der Waals surface area contributed by atoms with Crippen LogP contribution in [0.1, 0.15) is 45.2 Å². The predicted octanol–water partition coefficient (Wildman–Crippen LogP) is 3.54. The second-order valence-electron chi connectivity index (χ2n) is 4.82. The van der Waals surface area contributed by atoms with Crippen molar-refractivity contribution < 1.29 is 9.84 Å². The zero-order valence-corrected chi connectivity index (χ0v) is 13.0. The number of allylic oxidation sites excluding steroid dienone is 3. The zero-order chi connectivity index (χ0) is 15.5. The van der Waals surface area contributed by atoms with E-state index in [2.05, 4.69) is 4.98 Å². The van der Waals surface area contributed by atoms with Gasteiger partial charge in [-0.25, -0.2) is 0 Å². The van der Waals surface area contributed by atoms with Gasteiger partial charge in [-0.15, -0.1) is 0 Å². The van der Waals surface area contributed by atoms with E-state index in [4.69, 9.17) is 15.6 Å². The lowest BCUT2D eigenvalue weighted by molar-refractivity contribution is 0.216. The molecule has 3 N–H and O–H groups in total. The molecule has 0 spiro atoms. The van der Waals surface area contributed by atoms with Crippen molar-refractivity contribution in [3.63, 3.8) is 0 Å². The van der Waals surface area contributed by atoms with Crippen molar-refractivity contribution in [3.05, 3.63) is 41.9 Å². The molecule has 0 bridgehead atoms. The first kappa shape index (κ1) is 17.2. The molecule has 116 valence electrons. The normalized spacial score (nSPS) is 12.5. The monoisotopic (exact) mass is 290 g/mol. The Morgan fingerprint density at radius 2 is 1.95 bits per heavy atom. The molecule has 0 amide bonds. The summed E-state index contributed by atoms with van der Waals surface area (Å²) >= 11 is 0. The van der Waals surface area contributed by atoms with Crippen LogP contribution in [0.15, 0.2) is 36.2 Å². The van der Waals surface area contributed by atoms with Crippen molar-refractivity contribution in [2.75, 3.05) is 18.9 Å². The number of aliphatic hydroxyl groups is 1. The van der Waals surface area contributed by atoms with Crippen molar-refractivity contribution in [2.45, 2.75) is 39.5 Å². The maximum Gasteiger partial charge on any atom is 0.124 e. The number of pyridine rings is 1. The summed E-state index contributed by atoms with van der Waals surface area (Å²) < 4.78 is 5.87. The van der Waals surface area contributed by atoms with E-state index in [0.29, 0.717) is 12.3 Å². The van der Waals surface area contributed by atoms with Crippen molar-refractivity contribution in [1.82, 2.24) is 4.98 Å². The standard InChI is InChI=1S/C17H26N2O2/c1-3-15(16-10-9-14(18)13-19-16)17(4-2)21-12-8-6-5-7-11-20/h3-4,9-10,13,20H,5-8,11-12,18H2,1-2H3/b15-3-,17-4+. The molecule has 21 heavy (non-hydrogen) atoms. The number of nitrogen functional groups attached to an aromatic ring is 1. The van der Waals surface area contributed by atoms with Crippen LogP contribution in [-0.4, -0.2) is 23.3 Å². The molecule has 1 rings (SSSR count). The van der Waals surface area contributed by atoms with Gasteiger partial charge in [-0.05, 0) is 51.3 Å². The number of unbranched alkanes of at least 4 members (excludes halogenated alkanes) is 3. The first-order chi connectivity index (χ1) is 10.2. The third kappa shape index (κ3) is 6.00. The molecule has 0 atom stereocenters. The number of nitrogens with two attached hydrogens (primary N) is 1. The second-order valence-corrected chi connectivity index (χ2v) is 4.82. The van der Waals surface area contributed by atoms with E-state index in [1.165, 1.54) is 0 Å². The molecule has 0 saturated heterocycles. The minimum atomic E-state index is 0.270. The van der Waals surface area contributed by atoms with Gasteiger partial charge in [0.05, 0.1) is 24.2 Å². The lowest BCUT2D eigenvalue weighted by atomic mass is 10.1. The molecular formula is C17H26N2O2. The van der Waals surface area contributed by atoms with Gasteiger partial charge < -0.3 is 15.6 Å². The molecule has 1 aromatic rings. The number of nitrogens with zero attached hydrogens (tertiary/aromatic N) is 1. The van der Waals surface area contributed by atoms with Gasteiger partial charge >= 0.3 is 0 Å². The molecular weight excluding hydrogens is 264 g/mol. The van der Waals surface area contributed by atoms with Gasteiger partial charge in [0.2, 0.25) is 0 Å². The predicted molar refractivity (Wildman–Crippen MR) is 87.6 cm³/mol. The maximum absolute atomic E-state index is 8.74. The Bertz CT molecular complexity index is 464. The van der Waals surface area contributed by atoms with Crippen LogP contribution >= 0.6 is 0 Å². The molecule has 0 aromatic carbocycles. The number of aromatic nitrogens is 1. The minimum absolute atomic E-state index is 0.270. The smallest absolute Gasteiger partial charge is 0.124 e. The Kier molecular flexibility index (Phi) is 8.21. The lowest BCUT2D eigenvalue weighted by Crippen LogP contribution is -2.00. The highest BCUT2D eigenvalue weighted by atomic mass is 16.5. The van der Waals surface area contributed by atoms with Crippen LogP contribution in [0.3, 0.4) is 0 Å². The highest BCUT2D eigenvalue weighted by Gasteiger charge is 2.09. The highest BCUT2D eigenvalue weighted by Crippen LogP contribution is 2.23. The minimum Gasteiger partial charge on any atom is -0.493 e. The van der Waals surface area contributed by atoms with Gasteiger partial charge in [0.15, 0.2) is 0 Å². The molecule has 1 heterocycles. The summed E-state index contributed by atoms with van der Waals surface area (Å²) in [5.74, 6) is 0.844. The molecule has 0 aliphatic rings. The number of hydrogen-bond acceptors (Lipinski definition) is 4. The van der Waals surface area contributed by atoms with Crippen LogP contribution in [-0.2, 0) is 4.74 Å². The lowest BCUT2D eigenvalue weighted by Gasteiger charge is -2.13. The molecule has 0 aliphatic carbocycles. The third-order valence-electron chi connectivity index (χ3n) is 3.19. The van der Waals surface area contributed by atoms with E-state index in [-0.39, 0.29) is 6.61 Å². The summed E-state index contributed by atoms with van der Waals surface area (Å²) in [5, 5.41) is 8.74. The van der Waals surface area contributed by atoms with E-state index >= 15 is 0 Å². The van der Waals surface area contributed by atoms with Crippen LogP contribution in [0.25, 0.3) is 5.57 Å². The van der Waals surface area contributed by atoms with Crippen LogP contribution < -0.4 is 5.73 Å². The summed E-state index contributed by atoms with van der Waals surface area (Å²) in [6.45, 7) is 4.88. The van der Waals surface area contributed by atoms with E-state index in [1.54, 1.807) is 6.20 Å². The third-order valence-corrected chi connectivity index (χ3v) is 3.19. The summed E-state index contributed by atoms with van der Waals surface area (Å²) in [6.07, 6.45) is 9.58. The molecule has 1 aromatic heterocycles. The average molecular weight is 290 g/mol. The van der Waals surface area contributed by atoms with E-state index in [1.807, 2.05) is 38.1 Å². The fourth-order valence-electron chi connectivity index (χ4n) is 2.05. The van der Waals surface area contributed by atoms with Crippen LogP contribution in [0, 0.1) is 0 Å². The fourth-order valence-corrected chi connectivity index (χ4v) is 2.05. The Balaban J connectivity index is 2.55. The van der Waals surface area contributed by atoms with E-state index in [9.17, 15) is 0 Å². The summed E-state index contributed by atoms with van der Waals surface area (Å²) in [4.78, 5) is 4.35. The number of rotatable bonds is 9. The van der Waals surface area contributed by atoms with Crippen molar-refractivity contribution in [1.29, 1.82) is 0 Å². The van der Waals surface area contributed by atoms with Gasteiger partial charge in [0.25, 0.3) is 0 Å². The molecule has 0 radical (unpaired) electrons. The summed E-state index contributed by atoms with van der Waals surface area (Å²) in [5.41, 5.74) is 8.16. The van der Waals surface area contributed by atoms with Crippen molar-refractivity contribution >= 4 is 11.3 Å². The molecule has 0 fully saturated rings. The first-order valence-corrected chi connectivity index (χ1v) is 7.51. The average Bonchev–Trinajstić information content (AvgIpc) is 2.51. The maximum atomic E-state index is 8.74. The van der Waals surface area contributed by atoms with Gasteiger partial charge in [0.1, 0.15) is 5.76 Å². The molecule has 4 nitrogen and oxygen atoms in total. The molecule has 0 aliphatic heterocycles. The van der Waals surface area contributed by atoms with Gasteiger partial charge in [-0.3, -0.25) is 4.98 Å². The summed E-state index contributed by atoms with van der Waals surface area (Å²) in [6, 6.07) is 3.74. The number of ether oxygens (including phenoxy) is 1. The summed E-state index contributed by atoms with van der Waals surface area (Å²) in [7, 11) is 0. The Hall–Kier alpha value is -1.81. The second kappa shape index (κ2) is 10.00. The van der Waals surface area contributed by atoms with Crippen molar-refractivity contribution in [3.8, 4) is 0 Å². The van der Waals surface area contributed by atoms with E-state index in [0.717, 1.165) is 42.7 Å². The largest absolute Gasteiger partial charge is 0.493 e. The van der Waals surface area contributed by atoms with Crippen LogP contribution in [0.4, 0.5) is 5.69 Å². The van der Waals surface area contributed by atoms with Crippen LogP contribution in [0.2, 0.25) is 0 Å². The Morgan fingerprint density at radius 1 is 1.19 bits per heavy atom. The Morgan fingerprint density at radius 3 is 2.52 bits per heavy atom. The number of hydrogen-bond donors (Lipinski definition) is 2. The van der Waals surface area contributed by atoms with Gasteiger partial charge in [-0.2, -0.15) is 0 Å². The highest BCUT2D eigenvalue weighted by molar-refractivity contribution is 5.75. The number of aliphatic hydroxyl groups excluding tert-OH is 1. The SMILES string of the molecule is C/C=C(\C(=C/C)OCCCCCCO)c1ccc(N)cn1. The van der Waals surface area contributed by atoms with Gasteiger partial charge in [-0.1, -0.05) is 12.5 Å². The van der Waals surface area contributed by atoms with Gasteiger partial charge in [0, 0.05) is 12.2 Å². The van der Waals surface area contributed by atoms with Crippen molar-refractivity contribution in [2.24, 2.45) is 0 Å². The van der Waals surface area contributed by atoms with Crippen LogP contribution in [0.5, 0.6) is 0 Å².